The third-order valence-corrected chi connectivity index (χ3v) is 4.32. The minimum Gasteiger partial charge on any atom is -0.305 e. The quantitative estimate of drug-likeness (QED) is 0.827. The van der Waals surface area contributed by atoms with Gasteiger partial charge in [-0.25, -0.2) is 0 Å². The van der Waals surface area contributed by atoms with E-state index in [2.05, 4.69) is 61.8 Å². The lowest BCUT2D eigenvalue weighted by atomic mass is 10.1. The zero-order valence-electron chi connectivity index (χ0n) is 11.4. The molecule has 1 heterocycles. The lowest BCUT2D eigenvalue weighted by molar-refractivity contribution is 0.525. The summed E-state index contributed by atoms with van der Waals surface area (Å²) in [6, 6.07) is 11.5. The van der Waals surface area contributed by atoms with Crippen LogP contribution in [-0.4, -0.2) is 0 Å². The summed E-state index contributed by atoms with van der Waals surface area (Å²) in [4.78, 5) is 1.43. The van der Waals surface area contributed by atoms with E-state index in [1.54, 1.807) is 0 Å². The van der Waals surface area contributed by atoms with E-state index >= 15 is 0 Å². The van der Waals surface area contributed by atoms with Crippen molar-refractivity contribution in [1.29, 1.82) is 0 Å². The minimum atomic E-state index is 0.478. The third-order valence-electron chi connectivity index (χ3n) is 3.33. The van der Waals surface area contributed by atoms with Gasteiger partial charge in [0.25, 0.3) is 0 Å². The van der Waals surface area contributed by atoms with Crippen LogP contribution in [-0.2, 0) is 6.54 Å². The van der Waals surface area contributed by atoms with Gasteiger partial charge in [0.05, 0.1) is 0 Å². The Labute approximate surface area is 114 Å². The first-order chi connectivity index (χ1) is 8.70. The van der Waals surface area contributed by atoms with Crippen LogP contribution in [0.1, 0.15) is 41.0 Å². The van der Waals surface area contributed by atoms with Crippen LogP contribution < -0.4 is 5.32 Å². The van der Waals surface area contributed by atoms with Crippen LogP contribution in [0.25, 0.3) is 0 Å². The SMILES string of the molecule is CCC(NCc1ccc(C)cc1C)c1cccs1. The fourth-order valence-corrected chi connectivity index (χ4v) is 3.10. The monoisotopic (exact) mass is 259 g/mol. The van der Waals surface area contributed by atoms with E-state index in [1.165, 1.54) is 21.6 Å². The predicted molar refractivity (Wildman–Crippen MR) is 80.1 cm³/mol. The van der Waals surface area contributed by atoms with Crippen molar-refractivity contribution in [3.8, 4) is 0 Å². The average molecular weight is 259 g/mol. The summed E-state index contributed by atoms with van der Waals surface area (Å²) in [5.41, 5.74) is 4.11. The predicted octanol–water partition coefficient (Wildman–Crippen LogP) is 4.61. The molecule has 1 atom stereocenters. The van der Waals surface area contributed by atoms with E-state index in [9.17, 15) is 0 Å². The van der Waals surface area contributed by atoms with Crippen LogP contribution in [0, 0.1) is 13.8 Å². The van der Waals surface area contributed by atoms with Crippen molar-refractivity contribution < 1.29 is 0 Å². The van der Waals surface area contributed by atoms with Crippen LogP contribution >= 0.6 is 11.3 Å². The van der Waals surface area contributed by atoms with Crippen LogP contribution in [0.15, 0.2) is 35.7 Å². The van der Waals surface area contributed by atoms with E-state index in [-0.39, 0.29) is 0 Å². The van der Waals surface area contributed by atoms with Crippen LogP contribution in [0.3, 0.4) is 0 Å². The fourth-order valence-electron chi connectivity index (χ4n) is 2.21. The molecule has 0 aliphatic carbocycles. The molecule has 0 radical (unpaired) electrons. The number of hydrogen-bond donors (Lipinski definition) is 1. The highest BCUT2D eigenvalue weighted by molar-refractivity contribution is 7.10. The third kappa shape index (κ3) is 3.21. The summed E-state index contributed by atoms with van der Waals surface area (Å²) in [7, 11) is 0. The molecule has 1 aromatic carbocycles. The summed E-state index contributed by atoms with van der Waals surface area (Å²) in [5, 5.41) is 5.81. The highest BCUT2D eigenvalue weighted by Crippen LogP contribution is 2.22. The molecule has 0 saturated heterocycles. The standard InChI is InChI=1S/C16H21NS/c1-4-15(16-6-5-9-18-16)17-11-14-8-7-12(2)10-13(14)3/h5-10,15,17H,4,11H2,1-3H3. The van der Waals surface area contributed by atoms with Gasteiger partial charge in [0.1, 0.15) is 0 Å². The van der Waals surface area contributed by atoms with Crippen molar-refractivity contribution in [2.75, 3.05) is 0 Å². The second-order valence-electron chi connectivity index (χ2n) is 4.79. The smallest absolute Gasteiger partial charge is 0.0414 e. The molecule has 0 spiro atoms. The number of hydrogen-bond acceptors (Lipinski definition) is 2. The molecule has 2 aromatic rings. The molecule has 0 aliphatic rings. The van der Waals surface area contributed by atoms with Gasteiger partial charge in [-0.15, -0.1) is 11.3 Å². The van der Waals surface area contributed by atoms with Crippen LogP contribution in [0.2, 0.25) is 0 Å². The van der Waals surface area contributed by atoms with Gasteiger partial charge >= 0.3 is 0 Å². The number of aryl methyl sites for hydroxylation is 2. The lowest BCUT2D eigenvalue weighted by Crippen LogP contribution is -2.19. The largest absolute Gasteiger partial charge is 0.305 e. The Kier molecular flexibility index (Phi) is 4.56. The minimum absolute atomic E-state index is 0.478. The maximum absolute atomic E-state index is 3.66. The molecule has 0 saturated carbocycles. The molecular formula is C16H21NS. The maximum atomic E-state index is 3.66. The Hall–Kier alpha value is -1.12. The topological polar surface area (TPSA) is 12.0 Å². The molecule has 0 fully saturated rings. The fraction of sp³-hybridized carbons (Fsp3) is 0.375. The molecular weight excluding hydrogens is 238 g/mol. The Morgan fingerprint density at radius 1 is 1.22 bits per heavy atom. The zero-order chi connectivity index (χ0) is 13.0. The molecule has 2 heteroatoms. The molecule has 1 nitrogen and oxygen atoms in total. The van der Waals surface area contributed by atoms with Gasteiger partial charge in [-0.3, -0.25) is 0 Å². The van der Waals surface area contributed by atoms with Crippen molar-refractivity contribution in [3.05, 3.63) is 57.3 Å². The number of rotatable bonds is 5. The summed E-state index contributed by atoms with van der Waals surface area (Å²) in [5.74, 6) is 0. The summed E-state index contributed by atoms with van der Waals surface area (Å²) in [6.45, 7) is 7.52. The van der Waals surface area contributed by atoms with Crippen LogP contribution in [0.4, 0.5) is 0 Å². The molecule has 96 valence electrons. The zero-order valence-corrected chi connectivity index (χ0v) is 12.2. The summed E-state index contributed by atoms with van der Waals surface area (Å²) >= 11 is 1.83. The molecule has 18 heavy (non-hydrogen) atoms. The molecule has 1 unspecified atom stereocenters. The molecule has 0 amide bonds. The summed E-state index contributed by atoms with van der Waals surface area (Å²) in [6.07, 6.45) is 1.13. The molecule has 1 aromatic heterocycles. The molecule has 1 N–H and O–H groups in total. The summed E-state index contributed by atoms with van der Waals surface area (Å²) < 4.78 is 0. The van der Waals surface area contributed by atoms with Crippen LogP contribution in [0.5, 0.6) is 0 Å². The Balaban J connectivity index is 2.02. The maximum Gasteiger partial charge on any atom is 0.0414 e. The van der Waals surface area contributed by atoms with E-state index in [0.29, 0.717) is 6.04 Å². The van der Waals surface area contributed by atoms with Crippen molar-refractivity contribution in [1.82, 2.24) is 5.32 Å². The average Bonchev–Trinajstić information content (AvgIpc) is 2.86. The van der Waals surface area contributed by atoms with Gasteiger partial charge in [0, 0.05) is 17.5 Å². The van der Waals surface area contributed by atoms with Gasteiger partial charge in [0.2, 0.25) is 0 Å². The normalized spacial score (nSPS) is 12.6. The van der Waals surface area contributed by atoms with Gasteiger partial charge in [-0.1, -0.05) is 36.8 Å². The number of benzene rings is 1. The van der Waals surface area contributed by atoms with E-state index in [4.69, 9.17) is 0 Å². The van der Waals surface area contributed by atoms with Crippen molar-refractivity contribution in [2.45, 2.75) is 39.8 Å². The first-order valence-electron chi connectivity index (χ1n) is 6.53. The second-order valence-corrected chi connectivity index (χ2v) is 5.77. The van der Waals surface area contributed by atoms with Gasteiger partial charge in [-0.2, -0.15) is 0 Å². The Bertz CT molecular complexity index is 488. The first-order valence-corrected chi connectivity index (χ1v) is 7.41. The highest BCUT2D eigenvalue weighted by atomic mass is 32.1. The second kappa shape index (κ2) is 6.17. The van der Waals surface area contributed by atoms with E-state index in [1.807, 2.05) is 11.3 Å². The van der Waals surface area contributed by atoms with Gasteiger partial charge in [-0.05, 0) is 42.8 Å². The molecule has 0 bridgehead atoms. The molecule has 2 rings (SSSR count). The number of nitrogens with one attached hydrogen (secondary N) is 1. The van der Waals surface area contributed by atoms with Crippen molar-refractivity contribution >= 4 is 11.3 Å². The lowest BCUT2D eigenvalue weighted by Gasteiger charge is -2.16. The Morgan fingerprint density at radius 2 is 2.06 bits per heavy atom. The van der Waals surface area contributed by atoms with Gasteiger partial charge < -0.3 is 5.32 Å². The Morgan fingerprint density at radius 3 is 2.67 bits per heavy atom. The van der Waals surface area contributed by atoms with Gasteiger partial charge in [0.15, 0.2) is 0 Å². The first kappa shape index (κ1) is 13.3. The molecule has 0 aliphatic heterocycles. The highest BCUT2D eigenvalue weighted by Gasteiger charge is 2.09. The van der Waals surface area contributed by atoms with Crippen molar-refractivity contribution in [3.63, 3.8) is 0 Å². The van der Waals surface area contributed by atoms with Crippen molar-refractivity contribution in [2.24, 2.45) is 0 Å². The van der Waals surface area contributed by atoms with E-state index < -0.39 is 0 Å². The van der Waals surface area contributed by atoms with E-state index in [0.717, 1.165) is 13.0 Å². The number of thiophene rings is 1.